The molecule has 1 aromatic carbocycles. The number of aliphatic carboxylic acids is 1. The predicted molar refractivity (Wildman–Crippen MR) is 74.0 cm³/mol. The molecule has 1 atom stereocenters. The van der Waals surface area contributed by atoms with Crippen LogP contribution in [0.3, 0.4) is 0 Å². The van der Waals surface area contributed by atoms with Crippen molar-refractivity contribution in [3.63, 3.8) is 0 Å². The van der Waals surface area contributed by atoms with Crippen molar-refractivity contribution in [1.29, 1.82) is 0 Å². The second-order valence-corrected chi connectivity index (χ2v) is 5.04. The maximum Gasteiger partial charge on any atom is 0.304 e. The Hall–Kier alpha value is -1.56. The van der Waals surface area contributed by atoms with Gasteiger partial charge in [0.25, 0.3) is 0 Å². The maximum atomic E-state index is 11.6. The summed E-state index contributed by atoms with van der Waals surface area (Å²) < 4.78 is 5.91. The number of carbonyl (C=O) groups excluding carboxylic acids is 1. The van der Waals surface area contributed by atoms with Gasteiger partial charge in [-0.05, 0) is 33.6 Å². The molecule has 0 radical (unpaired) electrons. The summed E-state index contributed by atoms with van der Waals surface area (Å²) in [6.07, 6.45) is -0.169. The molecule has 0 saturated carbocycles. The Morgan fingerprint density at radius 2 is 2.16 bits per heavy atom. The van der Waals surface area contributed by atoms with Gasteiger partial charge < -0.3 is 15.2 Å². The summed E-state index contributed by atoms with van der Waals surface area (Å²) in [6, 6.07) is 5.49. The third kappa shape index (κ3) is 4.90. The van der Waals surface area contributed by atoms with E-state index in [4.69, 9.17) is 9.84 Å². The molecule has 1 amide bonds. The number of carbonyl (C=O) groups is 2. The molecule has 0 aliphatic rings. The highest BCUT2D eigenvalue weighted by molar-refractivity contribution is 9.10. The summed E-state index contributed by atoms with van der Waals surface area (Å²) >= 11 is 3.36. The Kier molecular flexibility index (Phi) is 5.82. The van der Waals surface area contributed by atoms with Gasteiger partial charge >= 0.3 is 5.97 Å². The highest BCUT2D eigenvalue weighted by Gasteiger charge is 2.16. The molecule has 0 aliphatic heterocycles. The third-order valence-corrected chi connectivity index (χ3v) is 3.23. The molecule has 0 aliphatic carbocycles. The normalized spacial score (nSPS) is 11.7. The van der Waals surface area contributed by atoms with Gasteiger partial charge in [-0.3, -0.25) is 9.59 Å². The fraction of sp³-hybridized carbons (Fsp3) is 0.385. The number of hydrogen-bond acceptors (Lipinski definition) is 3. The van der Waals surface area contributed by atoms with Gasteiger partial charge in [-0.1, -0.05) is 13.0 Å². The molecule has 0 spiro atoms. The Morgan fingerprint density at radius 3 is 2.68 bits per heavy atom. The Labute approximate surface area is 120 Å². The smallest absolute Gasteiger partial charge is 0.304 e. The predicted octanol–water partition coefficient (Wildman–Crippen LogP) is 2.18. The van der Waals surface area contributed by atoms with Crippen LogP contribution in [0.5, 0.6) is 5.75 Å². The standard InChI is InChI=1S/C13H16BrNO4/c1-8(5-12(16)17)13(18)15-7-9-3-4-11(19-2)10(14)6-9/h3-4,6,8H,5,7H2,1-2H3,(H,15,18)(H,16,17). The van der Waals surface area contributed by atoms with E-state index in [2.05, 4.69) is 21.2 Å². The highest BCUT2D eigenvalue weighted by atomic mass is 79.9. The molecular weight excluding hydrogens is 314 g/mol. The zero-order valence-corrected chi connectivity index (χ0v) is 12.4. The van der Waals surface area contributed by atoms with Gasteiger partial charge in [0.2, 0.25) is 5.91 Å². The zero-order chi connectivity index (χ0) is 14.4. The quantitative estimate of drug-likeness (QED) is 0.838. The lowest BCUT2D eigenvalue weighted by atomic mass is 10.1. The lowest BCUT2D eigenvalue weighted by Crippen LogP contribution is -2.30. The molecule has 19 heavy (non-hydrogen) atoms. The fourth-order valence-corrected chi connectivity index (χ4v) is 2.13. The monoisotopic (exact) mass is 329 g/mol. The zero-order valence-electron chi connectivity index (χ0n) is 10.8. The Balaban J connectivity index is 2.55. The number of nitrogens with one attached hydrogen (secondary N) is 1. The van der Waals surface area contributed by atoms with Crippen molar-refractivity contribution in [3.05, 3.63) is 28.2 Å². The molecule has 0 bridgehead atoms. The SMILES string of the molecule is COc1ccc(CNC(=O)C(C)CC(=O)O)cc1Br. The highest BCUT2D eigenvalue weighted by Crippen LogP contribution is 2.25. The lowest BCUT2D eigenvalue weighted by molar-refractivity contribution is -0.140. The molecule has 5 nitrogen and oxygen atoms in total. The molecule has 1 aromatic rings. The topological polar surface area (TPSA) is 75.6 Å². The Morgan fingerprint density at radius 1 is 1.47 bits per heavy atom. The second-order valence-electron chi connectivity index (χ2n) is 4.19. The van der Waals surface area contributed by atoms with E-state index in [0.717, 1.165) is 10.0 Å². The summed E-state index contributed by atoms with van der Waals surface area (Å²) in [5.74, 6) is -1.07. The minimum absolute atomic E-state index is 0.169. The lowest BCUT2D eigenvalue weighted by Gasteiger charge is -2.11. The van der Waals surface area contributed by atoms with Crippen LogP contribution in [0, 0.1) is 5.92 Å². The van der Waals surface area contributed by atoms with Crippen molar-refractivity contribution in [2.24, 2.45) is 5.92 Å². The average Bonchev–Trinajstić information content (AvgIpc) is 2.35. The number of halogens is 1. The minimum Gasteiger partial charge on any atom is -0.496 e. The first-order valence-corrected chi connectivity index (χ1v) is 6.55. The summed E-state index contributed by atoms with van der Waals surface area (Å²) in [7, 11) is 1.58. The van der Waals surface area contributed by atoms with Crippen LogP contribution in [0.4, 0.5) is 0 Å². The van der Waals surface area contributed by atoms with Crippen LogP contribution in [0.1, 0.15) is 18.9 Å². The second kappa shape index (κ2) is 7.13. The first-order chi connectivity index (χ1) is 8.93. The molecule has 2 N–H and O–H groups in total. The van der Waals surface area contributed by atoms with E-state index < -0.39 is 11.9 Å². The summed E-state index contributed by atoms with van der Waals surface area (Å²) in [5, 5.41) is 11.3. The van der Waals surface area contributed by atoms with Crippen molar-refractivity contribution in [3.8, 4) is 5.75 Å². The Bertz CT molecular complexity index is 476. The van der Waals surface area contributed by atoms with E-state index in [1.54, 1.807) is 20.1 Å². The van der Waals surface area contributed by atoms with E-state index in [0.29, 0.717) is 12.3 Å². The van der Waals surface area contributed by atoms with Crippen LogP contribution in [0.15, 0.2) is 22.7 Å². The molecule has 6 heteroatoms. The van der Waals surface area contributed by atoms with Crippen LogP contribution in [-0.4, -0.2) is 24.1 Å². The van der Waals surface area contributed by atoms with Crippen LogP contribution >= 0.6 is 15.9 Å². The average molecular weight is 330 g/mol. The van der Waals surface area contributed by atoms with E-state index in [1.807, 2.05) is 12.1 Å². The molecule has 0 aromatic heterocycles. The van der Waals surface area contributed by atoms with E-state index in [-0.39, 0.29) is 12.3 Å². The van der Waals surface area contributed by atoms with Crippen molar-refractivity contribution in [1.82, 2.24) is 5.32 Å². The number of rotatable bonds is 6. The summed E-state index contributed by atoms with van der Waals surface area (Å²) in [6.45, 7) is 1.94. The van der Waals surface area contributed by atoms with Crippen molar-refractivity contribution < 1.29 is 19.4 Å². The van der Waals surface area contributed by atoms with Crippen molar-refractivity contribution in [2.75, 3.05) is 7.11 Å². The number of benzene rings is 1. The van der Waals surface area contributed by atoms with Gasteiger partial charge in [-0.15, -0.1) is 0 Å². The number of ether oxygens (including phenoxy) is 1. The molecule has 0 saturated heterocycles. The van der Waals surface area contributed by atoms with E-state index >= 15 is 0 Å². The van der Waals surface area contributed by atoms with Crippen molar-refractivity contribution >= 4 is 27.8 Å². The third-order valence-electron chi connectivity index (χ3n) is 2.61. The number of amides is 1. The molecular formula is C13H16BrNO4. The van der Waals surface area contributed by atoms with Crippen LogP contribution in [0.25, 0.3) is 0 Å². The van der Waals surface area contributed by atoms with E-state index in [1.165, 1.54) is 0 Å². The largest absolute Gasteiger partial charge is 0.496 e. The van der Waals surface area contributed by atoms with Gasteiger partial charge in [0, 0.05) is 12.5 Å². The van der Waals surface area contributed by atoms with Crippen LogP contribution in [0.2, 0.25) is 0 Å². The first kappa shape index (κ1) is 15.5. The van der Waals surface area contributed by atoms with Crippen molar-refractivity contribution in [2.45, 2.75) is 19.9 Å². The van der Waals surface area contributed by atoms with Gasteiger partial charge in [0.1, 0.15) is 5.75 Å². The van der Waals surface area contributed by atoms with Gasteiger partial charge in [-0.25, -0.2) is 0 Å². The minimum atomic E-state index is -0.977. The van der Waals surface area contributed by atoms with E-state index in [9.17, 15) is 9.59 Å². The number of methoxy groups -OCH3 is 1. The fourth-order valence-electron chi connectivity index (χ4n) is 1.54. The summed E-state index contributed by atoms with van der Waals surface area (Å²) in [5.41, 5.74) is 0.906. The molecule has 104 valence electrons. The molecule has 0 heterocycles. The molecule has 0 fully saturated rings. The number of hydrogen-bond donors (Lipinski definition) is 2. The van der Waals surface area contributed by atoms with Gasteiger partial charge in [-0.2, -0.15) is 0 Å². The van der Waals surface area contributed by atoms with Crippen LogP contribution < -0.4 is 10.1 Å². The number of carboxylic acid groups (broad SMARTS) is 1. The van der Waals surface area contributed by atoms with Gasteiger partial charge in [0.05, 0.1) is 18.0 Å². The van der Waals surface area contributed by atoms with Gasteiger partial charge in [0.15, 0.2) is 0 Å². The maximum absolute atomic E-state index is 11.6. The molecule has 1 rings (SSSR count). The molecule has 1 unspecified atom stereocenters. The first-order valence-electron chi connectivity index (χ1n) is 5.76. The number of carboxylic acids is 1. The van der Waals surface area contributed by atoms with Crippen LogP contribution in [-0.2, 0) is 16.1 Å². The summed E-state index contributed by atoms with van der Waals surface area (Å²) in [4.78, 5) is 22.2.